The molecule has 0 bridgehead atoms. The molecule has 1 fully saturated rings. The van der Waals surface area contributed by atoms with Crippen LogP contribution in [0, 0.1) is 0 Å². The van der Waals surface area contributed by atoms with Crippen molar-refractivity contribution in [3.8, 4) is 0 Å². The predicted octanol–water partition coefficient (Wildman–Crippen LogP) is 18.9. The van der Waals surface area contributed by atoms with Crippen molar-refractivity contribution in [1.82, 2.24) is 0 Å². The maximum atomic E-state index is 2.87. The summed E-state index contributed by atoms with van der Waals surface area (Å²) in [7, 11) is 0. The minimum atomic E-state index is -0.181. The summed E-state index contributed by atoms with van der Waals surface area (Å²) in [5.41, 5.74) is 19.7. The van der Waals surface area contributed by atoms with Crippen molar-refractivity contribution in [2.45, 2.75) is 142 Å². The van der Waals surface area contributed by atoms with E-state index in [9.17, 15) is 0 Å². The van der Waals surface area contributed by atoms with Gasteiger partial charge < -0.3 is 14.7 Å². The zero-order valence-electron chi connectivity index (χ0n) is 46.4. The Bertz CT molecular complexity index is 4040. The van der Waals surface area contributed by atoms with E-state index in [1.54, 1.807) is 0 Å². The number of anilines is 8. The van der Waals surface area contributed by atoms with Gasteiger partial charge in [0.25, 0.3) is 6.71 Å². The van der Waals surface area contributed by atoms with Gasteiger partial charge >= 0.3 is 0 Å². The molecule has 2 aromatic heterocycles. The molecule has 5 heterocycles. The molecule has 0 saturated heterocycles. The molecule has 380 valence electrons. The van der Waals surface area contributed by atoms with Gasteiger partial charge in [-0.15, -0.1) is 22.7 Å². The first-order chi connectivity index (χ1) is 36.3. The molecule has 2 atom stereocenters. The van der Waals surface area contributed by atoms with Gasteiger partial charge in [-0.25, -0.2) is 0 Å². The molecule has 0 spiro atoms. The number of fused-ring (bicyclic) bond motifs is 13. The number of rotatable bonds is 3. The van der Waals surface area contributed by atoms with Crippen molar-refractivity contribution in [2.75, 3.05) is 14.7 Å². The highest BCUT2D eigenvalue weighted by atomic mass is 32.1. The molecule has 3 aliphatic heterocycles. The fraction of sp³-hybridized carbons (Fsp3) is 0.314. The average Bonchev–Trinajstić information content (AvgIpc) is 4.03. The van der Waals surface area contributed by atoms with Crippen molar-refractivity contribution in [3.05, 3.63) is 174 Å². The van der Waals surface area contributed by atoms with E-state index in [1.165, 1.54) is 157 Å². The van der Waals surface area contributed by atoms with E-state index in [1.807, 2.05) is 22.7 Å². The smallest absolute Gasteiger partial charge is 0.252 e. The molecule has 3 nitrogen and oxygen atoms in total. The Morgan fingerprint density at radius 3 is 1.59 bits per heavy atom. The molecule has 14 rings (SSSR count). The highest BCUT2D eigenvalue weighted by molar-refractivity contribution is 7.26. The van der Waals surface area contributed by atoms with Gasteiger partial charge in [-0.3, -0.25) is 0 Å². The average molecular weight is 1030 g/mol. The number of thiophene rings is 2. The molecule has 8 aromatic carbocycles. The molecule has 4 aliphatic rings. The molecule has 0 radical (unpaired) electrons. The Labute approximate surface area is 459 Å². The minimum absolute atomic E-state index is 0.0244. The van der Waals surface area contributed by atoms with Crippen LogP contribution in [0.3, 0.4) is 0 Å². The molecule has 6 heteroatoms. The molecule has 0 N–H and O–H groups in total. The Balaban J connectivity index is 1.15. The van der Waals surface area contributed by atoms with Crippen molar-refractivity contribution in [3.63, 3.8) is 0 Å². The van der Waals surface area contributed by atoms with Gasteiger partial charge in [0.1, 0.15) is 0 Å². The number of benzene rings is 8. The largest absolute Gasteiger partial charge is 0.334 e. The van der Waals surface area contributed by atoms with Crippen LogP contribution in [0.4, 0.5) is 45.5 Å². The Morgan fingerprint density at radius 2 is 0.947 bits per heavy atom. The first kappa shape index (κ1) is 48.1. The lowest BCUT2D eigenvalue weighted by Crippen LogP contribution is -2.62. The number of hydrogen-bond acceptors (Lipinski definition) is 5. The first-order valence-corrected chi connectivity index (χ1v) is 29.8. The van der Waals surface area contributed by atoms with E-state index >= 15 is 0 Å². The lowest BCUT2D eigenvalue weighted by atomic mass is 9.33. The summed E-state index contributed by atoms with van der Waals surface area (Å²) in [6.45, 7) is 26.7. The van der Waals surface area contributed by atoms with Crippen LogP contribution in [-0.4, -0.2) is 12.3 Å². The van der Waals surface area contributed by atoms with E-state index in [0.29, 0.717) is 0 Å². The van der Waals surface area contributed by atoms with Gasteiger partial charge in [0.15, 0.2) is 0 Å². The van der Waals surface area contributed by atoms with Crippen molar-refractivity contribution in [2.24, 2.45) is 0 Å². The van der Waals surface area contributed by atoms with Gasteiger partial charge in [0, 0.05) is 75.2 Å². The summed E-state index contributed by atoms with van der Waals surface area (Å²) in [6.07, 6.45) is 7.34. The van der Waals surface area contributed by atoms with Gasteiger partial charge in [0.2, 0.25) is 0 Å². The van der Waals surface area contributed by atoms with Crippen LogP contribution >= 0.6 is 22.7 Å². The van der Waals surface area contributed by atoms with Crippen molar-refractivity contribution in [1.29, 1.82) is 0 Å². The van der Waals surface area contributed by atoms with Gasteiger partial charge in [-0.2, -0.15) is 0 Å². The summed E-state index contributed by atoms with van der Waals surface area (Å²) in [5, 5.41) is 5.28. The Hall–Kier alpha value is -6.34. The second-order valence-electron chi connectivity index (χ2n) is 26.4. The first-order valence-electron chi connectivity index (χ1n) is 28.2. The fourth-order valence-electron chi connectivity index (χ4n) is 14.4. The SMILES string of the molecule is CC(C)(C)c1ccc2c(c1)B1c3cc(C(C)(C)C)ccc3N(c3cccc4sc5ccccc5c34)c3cc(N4c5ccc(C(C)(C)C)cc5C5(C)CCCCCCC45C)cc(c31)N2c1cccc2c1sc1ccccc12. The van der Waals surface area contributed by atoms with Crippen LogP contribution in [0.5, 0.6) is 0 Å². The summed E-state index contributed by atoms with van der Waals surface area (Å²) in [5.74, 6) is 0. The maximum Gasteiger partial charge on any atom is 0.252 e. The number of nitrogens with zero attached hydrogens (tertiary/aromatic N) is 3. The normalized spacial score (nSPS) is 19.5. The summed E-state index contributed by atoms with van der Waals surface area (Å²) in [4.78, 5) is 8.31. The fourth-order valence-corrected chi connectivity index (χ4v) is 16.7. The monoisotopic (exact) mass is 1030 g/mol. The Morgan fingerprint density at radius 1 is 0.434 bits per heavy atom. The lowest BCUT2D eigenvalue weighted by molar-refractivity contribution is 0.217. The second kappa shape index (κ2) is 16.6. The highest BCUT2D eigenvalue weighted by Crippen LogP contribution is 2.62. The van der Waals surface area contributed by atoms with Crippen LogP contribution in [0.15, 0.2) is 152 Å². The van der Waals surface area contributed by atoms with E-state index in [-0.39, 0.29) is 33.9 Å². The quantitative estimate of drug-likeness (QED) is 0.163. The summed E-state index contributed by atoms with van der Waals surface area (Å²) < 4.78 is 5.29. The molecule has 0 amide bonds. The maximum absolute atomic E-state index is 2.87. The van der Waals surface area contributed by atoms with Crippen molar-refractivity contribution >= 4 is 132 Å². The van der Waals surface area contributed by atoms with Crippen LogP contribution in [0.2, 0.25) is 0 Å². The topological polar surface area (TPSA) is 9.72 Å². The van der Waals surface area contributed by atoms with E-state index < -0.39 is 0 Å². The molecule has 1 aliphatic carbocycles. The third kappa shape index (κ3) is 6.91. The second-order valence-corrected chi connectivity index (χ2v) is 28.5. The summed E-state index contributed by atoms with van der Waals surface area (Å²) >= 11 is 3.85. The van der Waals surface area contributed by atoms with Gasteiger partial charge in [-0.1, -0.05) is 186 Å². The molecular formula is C70H70BN3S2. The van der Waals surface area contributed by atoms with Crippen molar-refractivity contribution < 1.29 is 0 Å². The zero-order valence-corrected chi connectivity index (χ0v) is 48.0. The van der Waals surface area contributed by atoms with E-state index in [0.717, 1.165) is 6.42 Å². The number of hydrogen-bond donors (Lipinski definition) is 0. The van der Waals surface area contributed by atoms with Crippen LogP contribution in [-0.2, 0) is 21.7 Å². The van der Waals surface area contributed by atoms with E-state index in [4.69, 9.17) is 0 Å². The minimum Gasteiger partial charge on any atom is -0.334 e. The third-order valence-electron chi connectivity index (χ3n) is 18.8. The van der Waals surface area contributed by atoms with Crippen LogP contribution in [0.1, 0.15) is 137 Å². The van der Waals surface area contributed by atoms with Gasteiger partial charge in [0.05, 0.1) is 21.6 Å². The van der Waals surface area contributed by atoms with E-state index in [2.05, 4.69) is 243 Å². The standard InChI is InChI=1S/C70H70BN3S2/c1-66(2,3)43-30-33-53-50(38-43)69(10)36-18-12-13-19-37-70(69,11)74(53)46-41-58-64-59(42-46)73(57-26-20-24-48-47-22-14-16-27-60(47)76-65(48)57)55-35-32-45(68(7,8)9)40-52(55)71(64)51-39-44(67(4,5)6)31-34-54(51)72(58)56-25-21-29-62-63(56)49-23-15-17-28-61(49)75-62/h14-17,20-35,38-42H,12-13,18-19,36-37H2,1-11H3. The van der Waals surface area contributed by atoms with Crippen LogP contribution in [0.25, 0.3) is 40.3 Å². The highest BCUT2D eigenvalue weighted by Gasteiger charge is 2.57. The van der Waals surface area contributed by atoms with Gasteiger partial charge in [-0.05, 0) is 135 Å². The summed E-state index contributed by atoms with van der Waals surface area (Å²) in [6, 6.07) is 60.2. The molecule has 1 saturated carbocycles. The molecule has 2 unspecified atom stereocenters. The third-order valence-corrected chi connectivity index (χ3v) is 21.1. The predicted molar refractivity (Wildman–Crippen MR) is 334 cm³/mol. The molecular weight excluding hydrogens is 958 g/mol. The molecule has 10 aromatic rings. The lowest BCUT2D eigenvalue weighted by Gasteiger charge is -2.50. The molecule has 76 heavy (non-hydrogen) atoms. The Kier molecular flexibility index (Phi) is 10.5. The van der Waals surface area contributed by atoms with Crippen LogP contribution < -0.4 is 31.1 Å². The zero-order chi connectivity index (χ0) is 52.4.